The highest BCUT2D eigenvalue weighted by molar-refractivity contribution is 7.89. The number of likely N-dealkylation sites (tertiary alicyclic amines) is 1. The summed E-state index contributed by atoms with van der Waals surface area (Å²) in [5, 5.41) is 0. The summed E-state index contributed by atoms with van der Waals surface area (Å²) in [6.07, 6.45) is 1.06. The number of ether oxygens (including phenoxy) is 1. The van der Waals surface area contributed by atoms with Crippen LogP contribution >= 0.6 is 0 Å². The maximum atomic E-state index is 12.7. The Morgan fingerprint density at radius 2 is 2.12 bits per heavy atom. The summed E-state index contributed by atoms with van der Waals surface area (Å²) in [4.78, 5) is 14.6. The largest absolute Gasteiger partial charge is 0.380 e. The van der Waals surface area contributed by atoms with Gasteiger partial charge in [-0.1, -0.05) is 29.8 Å². The van der Waals surface area contributed by atoms with E-state index in [-0.39, 0.29) is 23.6 Å². The zero-order valence-corrected chi connectivity index (χ0v) is 16.4. The van der Waals surface area contributed by atoms with E-state index in [9.17, 15) is 13.2 Å². The number of piperidine rings is 1. The molecule has 0 unspecified atom stereocenters. The molecule has 0 N–H and O–H groups in total. The number of carbonyl (C=O) groups excluding carboxylic acids is 1. The number of rotatable bonds is 4. The molecule has 2 saturated heterocycles. The van der Waals surface area contributed by atoms with Crippen LogP contribution in [0.2, 0.25) is 0 Å². The molecule has 6 nitrogen and oxygen atoms in total. The number of hydrogen-bond acceptors (Lipinski definition) is 4. The van der Waals surface area contributed by atoms with Crippen molar-refractivity contribution < 1.29 is 17.9 Å². The maximum absolute atomic E-state index is 12.7. The molecule has 0 saturated carbocycles. The topological polar surface area (TPSA) is 66.9 Å². The van der Waals surface area contributed by atoms with Crippen LogP contribution in [0, 0.1) is 12.8 Å². The van der Waals surface area contributed by atoms with Crippen molar-refractivity contribution in [3.8, 4) is 0 Å². The van der Waals surface area contributed by atoms with Crippen LogP contribution in [0.15, 0.2) is 24.3 Å². The molecule has 1 aromatic rings. The first kappa shape index (κ1) is 19.3. The highest BCUT2D eigenvalue weighted by atomic mass is 32.2. The lowest BCUT2D eigenvalue weighted by molar-refractivity contribution is -0.133. The maximum Gasteiger partial charge on any atom is 0.227 e. The molecule has 0 aromatic heterocycles. The van der Waals surface area contributed by atoms with Crippen LogP contribution in [0.25, 0.3) is 0 Å². The molecule has 2 atom stereocenters. The Kier molecular flexibility index (Phi) is 5.99. The summed E-state index contributed by atoms with van der Waals surface area (Å²) in [5.74, 6) is 0.240. The van der Waals surface area contributed by atoms with E-state index in [1.54, 1.807) is 11.2 Å². The Hall–Kier alpha value is -1.44. The van der Waals surface area contributed by atoms with Crippen molar-refractivity contribution in [2.45, 2.75) is 32.7 Å². The van der Waals surface area contributed by atoms with Gasteiger partial charge in [-0.15, -0.1) is 0 Å². The van der Waals surface area contributed by atoms with E-state index in [0.29, 0.717) is 45.7 Å². The molecular formula is C19H28N2O4S. The lowest BCUT2D eigenvalue weighted by Crippen LogP contribution is -2.54. The van der Waals surface area contributed by atoms with E-state index < -0.39 is 10.0 Å². The number of benzene rings is 1. The number of fused-ring (bicyclic) bond motifs is 1. The zero-order valence-electron chi connectivity index (χ0n) is 15.6. The molecule has 7 heteroatoms. The van der Waals surface area contributed by atoms with Crippen molar-refractivity contribution in [3.63, 3.8) is 0 Å². The highest BCUT2D eigenvalue weighted by Gasteiger charge is 2.40. The van der Waals surface area contributed by atoms with Crippen molar-refractivity contribution in [2.24, 2.45) is 5.92 Å². The minimum absolute atomic E-state index is 0.0361. The summed E-state index contributed by atoms with van der Waals surface area (Å²) >= 11 is 0. The number of nitrogens with zero attached hydrogens (tertiary/aromatic N) is 2. The Morgan fingerprint density at radius 1 is 1.31 bits per heavy atom. The molecule has 3 rings (SSSR count). The number of carbonyl (C=O) groups is 1. The average molecular weight is 381 g/mol. The number of hydrogen-bond donors (Lipinski definition) is 0. The molecule has 144 valence electrons. The van der Waals surface area contributed by atoms with Gasteiger partial charge < -0.3 is 9.64 Å². The zero-order chi connectivity index (χ0) is 18.7. The van der Waals surface area contributed by atoms with E-state index in [2.05, 4.69) is 0 Å². The van der Waals surface area contributed by atoms with Gasteiger partial charge in [-0.2, -0.15) is 4.31 Å². The minimum atomic E-state index is -3.26. The van der Waals surface area contributed by atoms with Gasteiger partial charge in [0.05, 0.1) is 25.4 Å². The van der Waals surface area contributed by atoms with Crippen LogP contribution in [0.5, 0.6) is 0 Å². The molecule has 1 aromatic carbocycles. The summed E-state index contributed by atoms with van der Waals surface area (Å²) in [5.41, 5.74) is 2.16. The van der Waals surface area contributed by atoms with E-state index >= 15 is 0 Å². The normalized spacial score (nSPS) is 24.8. The lowest BCUT2D eigenvalue weighted by atomic mass is 9.92. The second kappa shape index (κ2) is 8.06. The third kappa shape index (κ3) is 4.27. The monoisotopic (exact) mass is 380 g/mol. The lowest BCUT2D eigenvalue weighted by Gasteiger charge is -2.41. The van der Waals surface area contributed by atoms with Gasteiger partial charge in [0.2, 0.25) is 15.9 Å². The Morgan fingerprint density at radius 3 is 2.85 bits per heavy atom. The van der Waals surface area contributed by atoms with Crippen LogP contribution in [0.4, 0.5) is 0 Å². The molecule has 26 heavy (non-hydrogen) atoms. The molecule has 1 amide bonds. The number of aryl methyl sites for hydroxylation is 1. The predicted molar refractivity (Wildman–Crippen MR) is 100 cm³/mol. The van der Waals surface area contributed by atoms with Gasteiger partial charge in [0.1, 0.15) is 0 Å². The summed E-state index contributed by atoms with van der Waals surface area (Å²) in [6, 6.07) is 7.93. The van der Waals surface area contributed by atoms with Crippen LogP contribution in [-0.4, -0.2) is 68.2 Å². The number of sulfonamides is 1. The van der Waals surface area contributed by atoms with Gasteiger partial charge in [-0.25, -0.2) is 8.42 Å². The quantitative estimate of drug-likeness (QED) is 0.793. The summed E-state index contributed by atoms with van der Waals surface area (Å²) in [7, 11) is -3.26. The van der Waals surface area contributed by atoms with Crippen LogP contribution in [0.3, 0.4) is 0 Å². The fourth-order valence-electron chi connectivity index (χ4n) is 3.96. The van der Waals surface area contributed by atoms with Crippen molar-refractivity contribution in [1.29, 1.82) is 0 Å². The molecule has 2 aliphatic rings. The summed E-state index contributed by atoms with van der Waals surface area (Å²) in [6.45, 7) is 6.20. The average Bonchev–Trinajstić information content (AvgIpc) is 2.84. The standard InChI is InChI=1S/C19H28N2O4S/c1-3-26(23,24)21-9-10-25-14-17-13-20(8-7-18(17)21)19(22)12-16-6-4-5-15(2)11-16/h4-6,11,17-18H,3,7-10,12-14H2,1-2H3/t17-,18-/m1/s1. The van der Waals surface area contributed by atoms with Gasteiger partial charge in [0.15, 0.2) is 0 Å². The molecular weight excluding hydrogens is 352 g/mol. The van der Waals surface area contributed by atoms with Gasteiger partial charge in [0, 0.05) is 31.6 Å². The summed E-state index contributed by atoms with van der Waals surface area (Å²) < 4.78 is 32.2. The highest BCUT2D eigenvalue weighted by Crippen LogP contribution is 2.27. The Balaban J connectivity index is 1.69. The first-order valence-corrected chi connectivity index (χ1v) is 10.9. The van der Waals surface area contributed by atoms with E-state index in [1.165, 1.54) is 0 Å². The molecule has 0 bridgehead atoms. The number of amides is 1. The second-order valence-electron chi connectivity index (χ2n) is 7.21. The smallest absolute Gasteiger partial charge is 0.227 e. The molecule has 2 heterocycles. The van der Waals surface area contributed by atoms with Gasteiger partial charge in [-0.3, -0.25) is 4.79 Å². The van der Waals surface area contributed by atoms with Crippen LogP contribution in [-0.2, 0) is 26.0 Å². The third-order valence-corrected chi connectivity index (χ3v) is 7.26. The predicted octanol–water partition coefficient (Wildman–Crippen LogP) is 1.44. The molecule has 0 spiro atoms. The van der Waals surface area contributed by atoms with Gasteiger partial charge >= 0.3 is 0 Å². The van der Waals surface area contributed by atoms with E-state index in [4.69, 9.17) is 4.74 Å². The van der Waals surface area contributed by atoms with Crippen molar-refractivity contribution in [1.82, 2.24) is 9.21 Å². The Labute approximate surface area is 156 Å². The van der Waals surface area contributed by atoms with Crippen LogP contribution in [0.1, 0.15) is 24.5 Å². The van der Waals surface area contributed by atoms with Crippen molar-refractivity contribution in [3.05, 3.63) is 35.4 Å². The minimum Gasteiger partial charge on any atom is -0.380 e. The third-order valence-electron chi connectivity index (χ3n) is 5.36. The molecule has 2 aliphatic heterocycles. The molecule has 0 radical (unpaired) electrons. The van der Waals surface area contributed by atoms with Gasteiger partial charge in [-0.05, 0) is 25.8 Å². The Bertz CT molecular complexity index is 750. The molecule has 0 aliphatic carbocycles. The first-order valence-electron chi connectivity index (χ1n) is 9.31. The second-order valence-corrected chi connectivity index (χ2v) is 9.42. The first-order chi connectivity index (χ1) is 12.4. The SMILES string of the molecule is CCS(=O)(=O)N1CCOC[C@H]2CN(C(=O)Cc3cccc(C)c3)CC[C@H]21. The fraction of sp³-hybridized carbons (Fsp3) is 0.632. The van der Waals surface area contributed by atoms with E-state index in [1.807, 2.05) is 36.1 Å². The fourth-order valence-corrected chi connectivity index (χ4v) is 5.34. The van der Waals surface area contributed by atoms with Crippen molar-refractivity contribution >= 4 is 15.9 Å². The van der Waals surface area contributed by atoms with E-state index in [0.717, 1.165) is 11.1 Å². The van der Waals surface area contributed by atoms with Crippen molar-refractivity contribution in [2.75, 3.05) is 38.6 Å². The van der Waals surface area contributed by atoms with Crippen LogP contribution < -0.4 is 0 Å². The van der Waals surface area contributed by atoms with Gasteiger partial charge in [0.25, 0.3) is 0 Å². The molecule has 2 fully saturated rings.